The molecule has 0 aromatic heterocycles. The number of carbonyl (C=O) groups is 1. The maximum Gasteiger partial charge on any atom is 0.317 e. The maximum absolute atomic E-state index is 12.3. The van der Waals surface area contributed by atoms with Crippen molar-refractivity contribution < 1.29 is 14.1 Å². The number of nitrogens with zero attached hydrogens (tertiary/aromatic N) is 1. The standard InChI is InChI=1S/C17H26N2O3S/c20-12-9-16-8-4-5-11-19(16)17(21)18-10-13-23(22)14-15-6-2-1-3-7-15/h1-3,6-7,16,20H,4-5,8-14H2,(H,18,21). The first-order valence-corrected chi connectivity index (χ1v) is 9.73. The Balaban J connectivity index is 1.72. The number of aliphatic hydroxyl groups is 1. The number of benzene rings is 1. The van der Waals surface area contributed by atoms with E-state index in [-0.39, 0.29) is 18.7 Å². The predicted molar refractivity (Wildman–Crippen MR) is 92.6 cm³/mol. The van der Waals surface area contributed by atoms with Crippen LogP contribution in [0.15, 0.2) is 30.3 Å². The van der Waals surface area contributed by atoms with E-state index in [9.17, 15) is 9.00 Å². The summed E-state index contributed by atoms with van der Waals surface area (Å²) in [6, 6.07) is 9.77. The number of urea groups is 1. The van der Waals surface area contributed by atoms with Crippen molar-refractivity contribution in [3.05, 3.63) is 35.9 Å². The lowest BCUT2D eigenvalue weighted by atomic mass is 10.0. The van der Waals surface area contributed by atoms with Crippen molar-refractivity contribution in [2.45, 2.75) is 37.5 Å². The summed E-state index contributed by atoms with van der Waals surface area (Å²) >= 11 is 0. The van der Waals surface area contributed by atoms with E-state index < -0.39 is 10.8 Å². The molecule has 6 heteroatoms. The van der Waals surface area contributed by atoms with Crippen LogP contribution in [0.2, 0.25) is 0 Å². The molecule has 2 unspecified atom stereocenters. The number of rotatable bonds is 7. The molecule has 1 aliphatic heterocycles. The highest BCUT2D eigenvalue weighted by atomic mass is 32.2. The average molecular weight is 338 g/mol. The Hall–Kier alpha value is -1.40. The van der Waals surface area contributed by atoms with Gasteiger partial charge in [0.25, 0.3) is 0 Å². The van der Waals surface area contributed by atoms with Crippen molar-refractivity contribution in [3.8, 4) is 0 Å². The largest absolute Gasteiger partial charge is 0.396 e. The number of hydrogen-bond acceptors (Lipinski definition) is 3. The number of carbonyl (C=O) groups excluding carboxylic acids is 1. The van der Waals surface area contributed by atoms with Gasteiger partial charge < -0.3 is 15.3 Å². The second-order valence-electron chi connectivity index (χ2n) is 5.86. The van der Waals surface area contributed by atoms with E-state index >= 15 is 0 Å². The quantitative estimate of drug-likeness (QED) is 0.797. The molecule has 0 saturated carbocycles. The Labute approximate surface area is 140 Å². The Kier molecular flexibility index (Phi) is 7.55. The van der Waals surface area contributed by atoms with Gasteiger partial charge in [0.15, 0.2) is 0 Å². The third-order valence-electron chi connectivity index (χ3n) is 4.13. The normalized spacial score (nSPS) is 19.3. The second-order valence-corrected chi connectivity index (χ2v) is 7.44. The van der Waals surface area contributed by atoms with Crippen LogP contribution < -0.4 is 5.32 Å². The molecule has 0 bridgehead atoms. The molecule has 2 N–H and O–H groups in total. The molecule has 2 amide bonds. The van der Waals surface area contributed by atoms with Crippen LogP contribution in [-0.4, -0.2) is 51.7 Å². The zero-order valence-electron chi connectivity index (χ0n) is 13.4. The Bertz CT molecular complexity index is 508. The van der Waals surface area contributed by atoms with Crippen LogP contribution in [0.25, 0.3) is 0 Å². The number of nitrogens with one attached hydrogen (secondary N) is 1. The molecule has 0 radical (unpaired) electrons. The molecule has 0 aliphatic carbocycles. The third-order valence-corrected chi connectivity index (χ3v) is 5.44. The molecule has 128 valence electrons. The van der Waals surface area contributed by atoms with Gasteiger partial charge in [-0.25, -0.2) is 4.79 Å². The highest BCUT2D eigenvalue weighted by Crippen LogP contribution is 2.19. The molecule has 23 heavy (non-hydrogen) atoms. The Morgan fingerprint density at radius 3 is 2.83 bits per heavy atom. The molecule has 1 aliphatic rings. The van der Waals surface area contributed by atoms with Crippen molar-refractivity contribution in [3.63, 3.8) is 0 Å². The van der Waals surface area contributed by atoms with E-state index in [0.29, 0.717) is 24.5 Å². The number of piperidine rings is 1. The van der Waals surface area contributed by atoms with Gasteiger partial charge in [0.2, 0.25) is 0 Å². The highest BCUT2D eigenvalue weighted by molar-refractivity contribution is 7.84. The van der Waals surface area contributed by atoms with E-state index in [0.717, 1.165) is 31.4 Å². The molecule has 5 nitrogen and oxygen atoms in total. The smallest absolute Gasteiger partial charge is 0.317 e. The van der Waals surface area contributed by atoms with Crippen molar-refractivity contribution in [1.82, 2.24) is 10.2 Å². The van der Waals surface area contributed by atoms with E-state index in [4.69, 9.17) is 5.11 Å². The SMILES string of the molecule is O=C(NCCS(=O)Cc1ccccc1)N1CCCCC1CCO. The monoisotopic (exact) mass is 338 g/mol. The summed E-state index contributed by atoms with van der Waals surface area (Å²) in [6.45, 7) is 1.26. The molecule has 1 heterocycles. The Morgan fingerprint density at radius 1 is 1.30 bits per heavy atom. The number of amides is 2. The Morgan fingerprint density at radius 2 is 2.09 bits per heavy atom. The predicted octanol–water partition coefficient (Wildman–Crippen LogP) is 1.88. The van der Waals surface area contributed by atoms with Crippen molar-refractivity contribution in [2.75, 3.05) is 25.4 Å². The van der Waals surface area contributed by atoms with Crippen LogP contribution in [-0.2, 0) is 16.6 Å². The number of likely N-dealkylation sites (tertiary alicyclic amines) is 1. The van der Waals surface area contributed by atoms with Crippen molar-refractivity contribution in [1.29, 1.82) is 0 Å². The summed E-state index contributed by atoms with van der Waals surface area (Å²) in [5.74, 6) is 0.979. The van der Waals surface area contributed by atoms with Gasteiger partial charge in [-0.1, -0.05) is 30.3 Å². The molecule has 1 aromatic carbocycles. The van der Waals surface area contributed by atoms with Crippen molar-refractivity contribution in [2.24, 2.45) is 0 Å². The molecule has 2 atom stereocenters. The van der Waals surface area contributed by atoms with Gasteiger partial charge in [-0.05, 0) is 31.2 Å². The molecule has 2 rings (SSSR count). The fourth-order valence-corrected chi connectivity index (χ4v) is 3.96. The lowest BCUT2D eigenvalue weighted by Crippen LogP contribution is -2.49. The third kappa shape index (κ3) is 5.95. The molecular formula is C17H26N2O3S. The molecular weight excluding hydrogens is 312 g/mol. The maximum atomic E-state index is 12.3. The van der Waals surface area contributed by atoms with Gasteiger partial charge in [-0.3, -0.25) is 4.21 Å². The molecule has 0 spiro atoms. The van der Waals surface area contributed by atoms with Gasteiger partial charge >= 0.3 is 6.03 Å². The van der Waals surface area contributed by atoms with Crippen LogP contribution in [0.3, 0.4) is 0 Å². The molecule has 1 saturated heterocycles. The second kappa shape index (κ2) is 9.67. The first kappa shape index (κ1) is 17.9. The van der Waals surface area contributed by atoms with Crippen LogP contribution in [0.4, 0.5) is 4.79 Å². The summed E-state index contributed by atoms with van der Waals surface area (Å²) in [5, 5.41) is 12.0. The van der Waals surface area contributed by atoms with Gasteiger partial charge in [-0.15, -0.1) is 0 Å². The zero-order valence-corrected chi connectivity index (χ0v) is 14.3. The van der Waals surface area contributed by atoms with Crippen LogP contribution in [0.5, 0.6) is 0 Å². The highest BCUT2D eigenvalue weighted by Gasteiger charge is 2.25. The van der Waals surface area contributed by atoms with Crippen LogP contribution >= 0.6 is 0 Å². The van der Waals surface area contributed by atoms with E-state index in [2.05, 4.69) is 5.32 Å². The number of aliphatic hydroxyl groups excluding tert-OH is 1. The van der Waals surface area contributed by atoms with Crippen molar-refractivity contribution >= 4 is 16.8 Å². The minimum absolute atomic E-state index is 0.0974. The lowest BCUT2D eigenvalue weighted by molar-refractivity contribution is 0.132. The summed E-state index contributed by atoms with van der Waals surface area (Å²) in [7, 11) is -0.978. The van der Waals surface area contributed by atoms with Crippen LogP contribution in [0, 0.1) is 0 Å². The van der Waals surface area contributed by atoms with Gasteiger partial charge in [0.1, 0.15) is 0 Å². The summed E-state index contributed by atoms with van der Waals surface area (Å²) in [6.07, 6.45) is 3.70. The minimum atomic E-state index is -0.978. The summed E-state index contributed by atoms with van der Waals surface area (Å²) in [4.78, 5) is 14.1. The zero-order chi connectivity index (χ0) is 16.5. The molecule has 1 aromatic rings. The fraction of sp³-hybridized carbons (Fsp3) is 0.588. The van der Waals surface area contributed by atoms with Gasteiger partial charge in [0.05, 0.1) is 0 Å². The first-order valence-electron chi connectivity index (χ1n) is 8.25. The van der Waals surface area contributed by atoms with Crippen LogP contribution in [0.1, 0.15) is 31.2 Å². The average Bonchev–Trinajstić information content (AvgIpc) is 2.56. The topological polar surface area (TPSA) is 69.6 Å². The van der Waals surface area contributed by atoms with E-state index in [1.807, 2.05) is 35.2 Å². The minimum Gasteiger partial charge on any atom is -0.396 e. The summed E-state index contributed by atoms with van der Waals surface area (Å²) < 4.78 is 12.1. The van der Waals surface area contributed by atoms with Gasteiger partial charge in [-0.2, -0.15) is 0 Å². The van der Waals surface area contributed by atoms with E-state index in [1.165, 1.54) is 0 Å². The lowest BCUT2D eigenvalue weighted by Gasteiger charge is -2.35. The number of hydrogen-bond donors (Lipinski definition) is 2. The van der Waals surface area contributed by atoms with Gasteiger partial charge in [0, 0.05) is 48.0 Å². The summed E-state index contributed by atoms with van der Waals surface area (Å²) in [5.41, 5.74) is 1.05. The fourth-order valence-electron chi connectivity index (χ4n) is 2.92. The van der Waals surface area contributed by atoms with E-state index in [1.54, 1.807) is 0 Å². The first-order chi connectivity index (χ1) is 11.2. The molecule has 1 fully saturated rings.